The van der Waals surface area contributed by atoms with Crippen LogP contribution < -0.4 is 10.1 Å². The van der Waals surface area contributed by atoms with Gasteiger partial charge in [-0.05, 0) is 42.2 Å². The fraction of sp³-hybridized carbons (Fsp3) is 0.294. The average Bonchev–Trinajstić information content (AvgIpc) is 2.84. The van der Waals surface area contributed by atoms with Gasteiger partial charge in [-0.15, -0.1) is 0 Å². The van der Waals surface area contributed by atoms with Crippen LogP contribution in [0.15, 0.2) is 42.5 Å². The van der Waals surface area contributed by atoms with Crippen LogP contribution in [0.1, 0.15) is 19.3 Å². The van der Waals surface area contributed by atoms with Gasteiger partial charge < -0.3 is 4.74 Å². The van der Waals surface area contributed by atoms with Gasteiger partial charge in [0.2, 0.25) is 5.91 Å². The molecule has 1 heterocycles. The molecule has 0 bridgehead atoms. The van der Waals surface area contributed by atoms with Crippen molar-refractivity contribution in [3.05, 3.63) is 42.5 Å². The van der Waals surface area contributed by atoms with Crippen LogP contribution in [0, 0.1) is 0 Å². The van der Waals surface area contributed by atoms with Crippen LogP contribution in [0.25, 0.3) is 10.8 Å². The second-order valence-electron chi connectivity index (χ2n) is 5.24. The van der Waals surface area contributed by atoms with E-state index >= 15 is 0 Å². The fourth-order valence-electron chi connectivity index (χ4n) is 2.46. The number of hydrogen-bond acceptors (Lipinski definition) is 4. The summed E-state index contributed by atoms with van der Waals surface area (Å²) in [6.45, 7) is 0.616. The lowest BCUT2D eigenvalue weighted by atomic mass is 10.1. The molecule has 1 fully saturated rings. The second kappa shape index (κ2) is 6.83. The summed E-state index contributed by atoms with van der Waals surface area (Å²) in [7, 11) is 0. The number of unbranched alkanes of at least 4 members (excludes halogenated alkanes) is 1. The zero-order valence-electron chi connectivity index (χ0n) is 12.1. The Bertz CT molecular complexity index is 701. The third kappa shape index (κ3) is 3.60. The van der Waals surface area contributed by atoms with Crippen molar-refractivity contribution in [3.8, 4) is 5.75 Å². The highest BCUT2D eigenvalue weighted by molar-refractivity contribution is 8.15. The first-order valence-corrected chi connectivity index (χ1v) is 8.23. The van der Waals surface area contributed by atoms with Crippen molar-refractivity contribution in [2.24, 2.45) is 0 Å². The van der Waals surface area contributed by atoms with Crippen molar-refractivity contribution >= 4 is 33.7 Å². The first-order valence-electron chi connectivity index (χ1n) is 7.35. The number of benzene rings is 2. The molecule has 2 aromatic rings. The van der Waals surface area contributed by atoms with Gasteiger partial charge in [-0.1, -0.05) is 42.1 Å². The highest BCUT2D eigenvalue weighted by atomic mass is 32.2. The van der Waals surface area contributed by atoms with Crippen molar-refractivity contribution in [2.75, 3.05) is 6.61 Å². The molecule has 0 spiro atoms. The minimum Gasteiger partial charge on any atom is -0.494 e. The van der Waals surface area contributed by atoms with Crippen molar-refractivity contribution < 1.29 is 14.3 Å². The molecule has 2 aromatic carbocycles. The summed E-state index contributed by atoms with van der Waals surface area (Å²) in [4.78, 5) is 22.5. The number of ether oxygens (including phenoxy) is 1. The molecule has 5 heteroatoms. The van der Waals surface area contributed by atoms with Crippen LogP contribution in [0.5, 0.6) is 5.75 Å². The Morgan fingerprint density at radius 3 is 2.64 bits per heavy atom. The lowest BCUT2D eigenvalue weighted by molar-refractivity contribution is -0.119. The van der Waals surface area contributed by atoms with E-state index in [2.05, 4.69) is 23.5 Å². The molecule has 22 heavy (non-hydrogen) atoms. The molecule has 3 rings (SSSR count). The van der Waals surface area contributed by atoms with Gasteiger partial charge in [0.1, 0.15) is 5.75 Å². The highest BCUT2D eigenvalue weighted by Crippen LogP contribution is 2.24. The van der Waals surface area contributed by atoms with Crippen LogP contribution in [-0.2, 0) is 4.79 Å². The Balaban J connectivity index is 1.42. The van der Waals surface area contributed by atoms with E-state index in [1.165, 1.54) is 5.39 Å². The lowest BCUT2D eigenvalue weighted by Gasteiger charge is -2.08. The molecule has 1 unspecified atom stereocenters. The van der Waals surface area contributed by atoms with E-state index < -0.39 is 0 Å². The summed E-state index contributed by atoms with van der Waals surface area (Å²) < 4.78 is 5.75. The zero-order chi connectivity index (χ0) is 15.4. The fourth-order valence-corrected chi connectivity index (χ4v) is 3.33. The van der Waals surface area contributed by atoms with E-state index in [1.54, 1.807) is 0 Å². The SMILES string of the molecule is O=C1NC(=O)C(CCCCOc2ccc3ccccc3c2)S1. The molecule has 1 aliphatic heterocycles. The summed E-state index contributed by atoms with van der Waals surface area (Å²) in [5, 5.41) is 4.20. The van der Waals surface area contributed by atoms with E-state index in [4.69, 9.17) is 4.74 Å². The summed E-state index contributed by atoms with van der Waals surface area (Å²) in [5.41, 5.74) is 0. The quantitative estimate of drug-likeness (QED) is 0.825. The topological polar surface area (TPSA) is 55.4 Å². The zero-order valence-corrected chi connectivity index (χ0v) is 12.9. The van der Waals surface area contributed by atoms with Gasteiger partial charge in [-0.3, -0.25) is 14.9 Å². The summed E-state index contributed by atoms with van der Waals surface area (Å²) in [5.74, 6) is 0.701. The van der Waals surface area contributed by atoms with Gasteiger partial charge in [0.05, 0.1) is 11.9 Å². The predicted molar refractivity (Wildman–Crippen MR) is 88.2 cm³/mol. The van der Waals surface area contributed by atoms with Gasteiger partial charge in [0, 0.05) is 0 Å². The number of amides is 2. The second-order valence-corrected chi connectivity index (χ2v) is 6.41. The number of carbonyl (C=O) groups is 2. The number of thioether (sulfide) groups is 1. The van der Waals surface area contributed by atoms with Gasteiger partial charge in [-0.2, -0.15) is 0 Å². The Hall–Kier alpha value is -2.01. The van der Waals surface area contributed by atoms with E-state index in [0.29, 0.717) is 13.0 Å². The van der Waals surface area contributed by atoms with E-state index in [9.17, 15) is 9.59 Å². The highest BCUT2D eigenvalue weighted by Gasteiger charge is 2.30. The average molecular weight is 315 g/mol. The molecular weight excluding hydrogens is 298 g/mol. The van der Waals surface area contributed by atoms with Crippen molar-refractivity contribution in [1.29, 1.82) is 0 Å². The first kappa shape index (κ1) is 14.9. The largest absolute Gasteiger partial charge is 0.494 e. The molecule has 0 radical (unpaired) electrons. The normalized spacial score (nSPS) is 17.7. The predicted octanol–water partition coefficient (Wildman–Crippen LogP) is 3.74. The van der Waals surface area contributed by atoms with Crippen LogP contribution in [-0.4, -0.2) is 23.0 Å². The third-order valence-corrected chi connectivity index (χ3v) is 4.67. The molecule has 1 saturated heterocycles. The number of hydrogen-bond donors (Lipinski definition) is 1. The summed E-state index contributed by atoms with van der Waals surface area (Å²) in [6, 6.07) is 14.2. The van der Waals surface area contributed by atoms with Crippen molar-refractivity contribution in [3.63, 3.8) is 0 Å². The molecular formula is C17H17NO3S. The molecule has 2 amide bonds. The molecule has 0 aliphatic carbocycles. The molecule has 1 aliphatic rings. The monoisotopic (exact) mass is 315 g/mol. The van der Waals surface area contributed by atoms with Crippen molar-refractivity contribution in [1.82, 2.24) is 5.32 Å². The first-order chi connectivity index (χ1) is 10.7. The van der Waals surface area contributed by atoms with Crippen LogP contribution in [0.4, 0.5) is 4.79 Å². The van der Waals surface area contributed by atoms with Crippen molar-refractivity contribution in [2.45, 2.75) is 24.5 Å². The molecule has 4 nitrogen and oxygen atoms in total. The van der Waals surface area contributed by atoms with Crippen LogP contribution >= 0.6 is 11.8 Å². The molecule has 1 atom stereocenters. The Kier molecular flexibility index (Phi) is 4.63. The minimum absolute atomic E-state index is 0.162. The maximum Gasteiger partial charge on any atom is 0.286 e. The van der Waals surface area contributed by atoms with Gasteiger partial charge in [0.15, 0.2) is 0 Å². The molecule has 0 saturated carbocycles. The van der Waals surface area contributed by atoms with Gasteiger partial charge in [0.25, 0.3) is 5.24 Å². The summed E-state index contributed by atoms with van der Waals surface area (Å²) in [6.07, 6.45) is 2.45. The minimum atomic E-state index is -0.234. The van der Waals surface area contributed by atoms with Crippen LogP contribution in [0.2, 0.25) is 0 Å². The smallest absolute Gasteiger partial charge is 0.286 e. The maximum atomic E-state index is 11.4. The third-order valence-electron chi connectivity index (χ3n) is 3.62. The number of rotatable bonds is 6. The maximum absolute atomic E-state index is 11.4. The molecule has 114 valence electrons. The van der Waals surface area contributed by atoms with Gasteiger partial charge in [-0.25, -0.2) is 0 Å². The van der Waals surface area contributed by atoms with Gasteiger partial charge >= 0.3 is 0 Å². The number of nitrogens with one attached hydrogen (secondary N) is 1. The molecule has 0 aromatic heterocycles. The molecule has 1 N–H and O–H groups in total. The Morgan fingerprint density at radius 2 is 1.86 bits per heavy atom. The van der Waals surface area contributed by atoms with E-state index in [1.807, 2.05) is 24.3 Å². The Morgan fingerprint density at radius 1 is 1.05 bits per heavy atom. The number of fused-ring (bicyclic) bond motifs is 1. The van der Waals surface area contributed by atoms with E-state index in [0.717, 1.165) is 35.7 Å². The number of carbonyl (C=O) groups excluding carboxylic acids is 2. The Labute approximate surface area is 133 Å². The number of imide groups is 1. The van der Waals surface area contributed by atoms with E-state index in [-0.39, 0.29) is 16.4 Å². The van der Waals surface area contributed by atoms with Crippen LogP contribution in [0.3, 0.4) is 0 Å². The standard InChI is InChI=1S/C17H17NO3S/c19-16-15(22-17(20)18-16)7-3-4-10-21-14-9-8-12-5-1-2-6-13(12)11-14/h1-2,5-6,8-9,11,15H,3-4,7,10H2,(H,18,19,20). The lowest BCUT2D eigenvalue weighted by Crippen LogP contribution is -2.24. The summed E-state index contributed by atoms with van der Waals surface area (Å²) >= 11 is 1.09.